The summed E-state index contributed by atoms with van der Waals surface area (Å²) in [6.45, 7) is 3.64. The lowest BCUT2D eigenvalue weighted by Crippen LogP contribution is -2.39. The van der Waals surface area contributed by atoms with E-state index in [-0.39, 0.29) is 18.0 Å². The van der Waals surface area contributed by atoms with E-state index in [9.17, 15) is 14.0 Å². The van der Waals surface area contributed by atoms with Gasteiger partial charge in [0.15, 0.2) is 4.80 Å². The highest BCUT2D eigenvalue weighted by molar-refractivity contribution is 7.07. The predicted molar refractivity (Wildman–Crippen MR) is 118 cm³/mol. The summed E-state index contributed by atoms with van der Waals surface area (Å²) in [5.41, 5.74) is 1.74. The second kappa shape index (κ2) is 8.61. The molecule has 2 aromatic carbocycles. The average Bonchev–Trinajstić information content (AvgIpc) is 3.02. The zero-order valence-electron chi connectivity index (χ0n) is 16.8. The van der Waals surface area contributed by atoms with E-state index in [1.54, 1.807) is 56.3 Å². The maximum Gasteiger partial charge on any atom is 0.338 e. The van der Waals surface area contributed by atoms with Crippen LogP contribution in [0.1, 0.15) is 31.0 Å². The minimum atomic E-state index is -0.706. The molecule has 0 bridgehead atoms. The second-order valence-corrected chi connectivity index (χ2v) is 8.35. The molecular weight excluding hydrogens is 439 g/mol. The van der Waals surface area contributed by atoms with Gasteiger partial charge in [0.05, 0.1) is 28.5 Å². The Labute approximate surface area is 186 Å². The van der Waals surface area contributed by atoms with Crippen LogP contribution in [0, 0.1) is 5.82 Å². The number of hydrogen-bond donors (Lipinski definition) is 0. The van der Waals surface area contributed by atoms with E-state index in [0.29, 0.717) is 36.8 Å². The Bertz CT molecular complexity index is 1370. The molecule has 3 aromatic rings. The molecule has 31 heavy (non-hydrogen) atoms. The molecule has 0 fully saturated rings. The summed E-state index contributed by atoms with van der Waals surface area (Å²) >= 11 is 7.23. The molecule has 1 aliphatic rings. The maximum atomic E-state index is 13.6. The molecule has 1 aromatic heterocycles. The number of benzene rings is 2. The van der Waals surface area contributed by atoms with Gasteiger partial charge in [0.1, 0.15) is 5.82 Å². The van der Waals surface area contributed by atoms with Crippen LogP contribution in [0.2, 0.25) is 5.02 Å². The van der Waals surface area contributed by atoms with Crippen LogP contribution in [-0.2, 0) is 9.53 Å². The minimum absolute atomic E-state index is 0.201. The van der Waals surface area contributed by atoms with Crippen molar-refractivity contribution in [2.75, 3.05) is 6.61 Å². The molecule has 0 amide bonds. The van der Waals surface area contributed by atoms with Crippen LogP contribution in [0.4, 0.5) is 4.39 Å². The number of thiazole rings is 1. The van der Waals surface area contributed by atoms with Crippen molar-refractivity contribution in [3.8, 4) is 0 Å². The molecule has 0 spiro atoms. The molecule has 0 N–H and O–H groups in total. The summed E-state index contributed by atoms with van der Waals surface area (Å²) in [7, 11) is 0. The molecule has 0 aliphatic carbocycles. The Hall–Kier alpha value is -3.03. The van der Waals surface area contributed by atoms with Gasteiger partial charge in [-0.3, -0.25) is 9.36 Å². The van der Waals surface area contributed by atoms with Crippen LogP contribution in [0.3, 0.4) is 0 Å². The first-order valence-corrected chi connectivity index (χ1v) is 10.8. The number of nitrogens with zero attached hydrogens (tertiary/aromatic N) is 2. The summed E-state index contributed by atoms with van der Waals surface area (Å²) in [5.74, 6) is -0.913. The molecule has 4 rings (SSSR count). The monoisotopic (exact) mass is 456 g/mol. The fourth-order valence-electron chi connectivity index (χ4n) is 3.50. The third-order valence-electron chi connectivity index (χ3n) is 4.85. The highest BCUT2D eigenvalue weighted by Crippen LogP contribution is 2.31. The zero-order valence-corrected chi connectivity index (χ0v) is 18.3. The first kappa shape index (κ1) is 21.2. The van der Waals surface area contributed by atoms with Crippen LogP contribution in [0.15, 0.2) is 69.6 Å². The van der Waals surface area contributed by atoms with E-state index in [1.165, 1.54) is 28.0 Å². The first-order chi connectivity index (χ1) is 14.9. The Kier molecular flexibility index (Phi) is 5.89. The van der Waals surface area contributed by atoms with E-state index < -0.39 is 12.0 Å². The molecular formula is C23H18ClFN2O3S. The topological polar surface area (TPSA) is 60.7 Å². The number of halogens is 2. The molecule has 2 heterocycles. The minimum Gasteiger partial charge on any atom is -0.463 e. The normalized spacial score (nSPS) is 16.1. The van der Waals surface area contributed by atoms with Crippen LogP contribution in [0.5, 0.6) is 0 Å². The third-order valence-corrected chi connectivity index (χ3v) is 6.08. The Morgan fingerprint density at radius 1 is 1.29 bits per heavy atom. The molecule has 1 atom stereocenters. The smallest absolute Gasteiger partial charge is 0.338 e. The van der Waals surface area contributed by atoms with Crippen LogP contribution in [-0.4, -0.2) is 17.1 Å². The van der Waals surface area contributed by atoms with E-state index in [1.807, 2.05) is 0 Å². The molecule has 0 saturated carbocycles. The lowest BCUT2D eigenvalue weighted by atomic mass is 9.96. The van der Waals surface area contributed by atoms with E-state index in [0.717, 1.165) is 0 Å². The molecule has 0 radical (unpaired) electrons. The van der Waals surface area contributed by atoms with Gasteiger partial charge in [-0.25, -0.2) is 14.2 Å². The number of hydrogen-bond acceptors (Lipinski definition) is 5. The Balaban J connectivity index is 1.96. The van der Waals surface area contributed by atoms with Gasteiger partial charge in [0, 0.05) is 5.02 Å². The largest absolute Gasteiger partial charge is 0.463 e. The number of rotatable bonds is 4. The van der Waals surface area contributed by atoms with Crippen molar-refractivity contribution in [3.63, 3.8) is 0 Å². The lowest BCUT2D eigenvalue weighted by molar-refractivity contribution is -0.139. The van der Waals surface area contributed by atoms with Crippen molar-refractivity contribution in [2.24, 2.45) is 4.99 Å². The van der Waals surface area contributed by atoms with Crippen LogP contribution in [0.25, 0.3) is 6.08 Å². The fraction of sp³-hybridized carbons (Fsp3) is 0.174. The van der Waals surface area contributed by atoms with Gasteiger partial charge in [0.25, 0.3) is 5.56 Å². The number of carbonyl (C=O) groups is 1. The molecule has 5 nitrogen and oxygen atoms in total. The molecule has 0 unspecified atom stereocenters. The first-order valence-electron chi connectivity index (χ1n) is 9.59. The molecule has 1 aliphatic heterocycles. The van der Waals surface area contributed by atoms with Gasteiger partial charge in [-0.15, -0.1) is 0 Å². The Morgan fingerprint density at radius 3 is 2.71 bits per heavy atom. The maximum absolute atomic E-state index is 13.6. The highest BCUT2D eigenvalue weighted by atomic mass is 35.5. The zero-order chi connectivity index (χ0) is 22.1. The lowest BCUT2D eigenvalue weighted by Gasteiger charge is -2.24. The van der Waals surface area contributed by atoms with Gasteiger partial charge in [-0.1, -0.05) is 47.2 Å². The van der Waals surface area contributed by atoms with E-state index in [4.69, 9.17) is 16.3 Å². The number of fused-ring (bicyclic) bond motifs is 1. The summed E-state index contributed by atoms with van der Waals surface area (Å²) in [6, 6.07) is 12.2. The number of ether oxygens (including phenoxy) is 1. The standard InChI is InChI=1S/C23H18ClFN2O3S/c1-3-30-22(29)19-13(2)26-23-27(20(19)15-7-9-16(24)10-8-15)21(28)18(31-23)12-14-5-4-6-17(25)11-14/h4-12,20H,3H2,1-2H3/b18-12-/t20-/m0/s1. The second-order valence-electron chi connectivity index (χ2n) is 6.91. The van der Waals surface area contributed by atoms with Crippen molar-refractivity contribution < 1.29 is 13.9 Å². The van der Waals surface area contributed by atoms with Crippen molar-refractivity contribution in [1.29, 1.82) is 0 Å². The van der Waals surface area contributed by atoms with Crippen molar-refractivity contribution in [1.82, 2.24) is 4.57 Å². The molecule has 8 heteroatoms. The Morgan fingerprint density at radius 2 is 2.03 bits per heavy atom. The number of esters is 1. The number of carbonyl (C=O) groups excluding carboxylic acids is 1. The van der Waals surface area contributed by atoms with Crippen molar-refractivity contribution in [3.05, 3.63) is 101 Å². The van der Waals surface area contributed by atoms with Gasteiger partial charge in [-0.05, 0) is 55.3 Å². The summed E-state index contributed by atoms with van der Waals surface area (Å²) in [4.78, 5) is 31.1. The summed E-state index contributed by atoms with van der Waals surface area (Å²) in [6.07, 6.45) is 1.62. The molecule has 158 valence electrons. The highest BCUT2D eigenvalue weighted by Gasteiger charge is 2.33. The summed E-state index contributed by atoms with van der Waals surface area (Å²) in [5, 5.41) is 0.542. The van der Waals surface area contributed by atoms with Gasteiger partial charge in [-0.2, -0.15) is 0 Å². The van der Waals surface area contributed by atoms with Gasteiger partial charge >= 0.3 is 5.97 Å². The van der Waals surface area contributed by atoms with Gasteiger partial charge in [0.2, 0.25) is 0 Å². The third kappa shape index (κ3) is 4.11. The predicted octanol–water partition coefficient (Wildman–Crippen LogP) is 3.59. The van der Waals surface area contributed by atoms with Crippen molar-refractivity contribution in [2.45, 2.75) is 19.9 Å². The number of allylic oxidation sites excluding steroid dienone is 1. The van der Waals surface area contributed by atoms with E-state index >= 15 is 0 Å². The van der Waals surface area contributed by atoms with Crippen LogP contribution < -0.4 is 14.9 Å². The quantitative estimate of drug-likeness (QED) is 0.564. The SMILES string of the molecule is CCOC(=O)C1=C(C)N=c2s/c(=C\c3cccc(F)c3)c(=O)n2[C@H]1c1ccc(Cl)cc1. The van der Waals surface area contributed by atoms with E-state index in [2.05, 4.69) is 4.99 Å². The summed E-state index contributed by atoms with van der Waals surface area (Å²) < 4.78 is 20.7. The number of aromatic nitrogens is 1. The van der Waals surface area contributed by atoms with Crippen LogP contribution >= 0.6 is 22.9 Å². The fourth-order valence-corrected chi connectivity index (χ4v) is 4.67. The van der Waals surface area contributed by atoms with Crippen molar-refractivity contribution >= 4 is 35.0 Å². The molecule has 0 saturated heterocycles. The average molecular weight is 457 g/mol. The van der Waals surface area contributed by atoms with Gasteiger partial charge < -0.3 is 4.74 Å².